The Morgan fingerprint density at radius 2 is 2.09 bits per heavy atom. The Hall–Kier alpha value is -1.39. The smallest absolute Gasteiger partial charge is 0.272 e. The van der Waals surface area contributed by atoms with Crippen molar-refractivity contribution < 1.29 is 4.79 Å². The van der Waals surface area contributed by atoms with E-state index >= 15 is 0 Å². The lowest BCUT2D eigenvalue weighted by atomic mass is 9.85. The number of halogens is 1. The molecule has 3 rings (SSSR count). The van der Waals surface area contributed by atoms with Crippen molar-refractivity contribution in [3.63, 3.8) is 0 Å². The topological polar surface area (TPSA) is 36.4 Å². The fourth-order valence-corrected chi connectivity index (χ4v) is 3.98. The number of carbonyl (C=O) groups is 1. The van der Waals surface area contributed by atoms with Gasteiger partial charge in [0.15, 0.2) is 0 Å². The number of amides is 1. The maximum Gasteiger partial charge on any atom is 0.272 e. The molecule has 22 heavy (non-hydrogen) atoms. The van der Waals surface area contributed by atoms with E-state index in [0.717, 1.165) is 39.0 Å². The standard InChI is InChI=1S/C17H22ClN3O/c1-2-10-21-11-4-7-17(21)8-12-20(13-9-17)16(22)14-5-3-6-15(18)19-14/h2-3,5-6H,1,4,7-13H2. The zero-order valence-corrected chi connectivity index (χ0v) is 13.6. The van der Waals surface area contributed by atoms with Crippen LogP contribution in [0.4, 0.5) is 0 Å². The molecule has 1 aromatic rings. The van der Waals surface area contributed by atoms with Crippen LogP contribution in [0.15, 0.2) is 30.9 Å². The number of carbonyl (C=O) groups excluding carboxylic acids is 1. The molecule has 2 fully saturated rings. The van der Waals surface area contributed by atoms with Crippen molar-refractivity contribution in [3.05, 3.63) is 41.7 Å². The van der Waals surface area contributed by atoms with Crippen molar-refractivity contribution in [3.8, 4) is 0 Å². The fraction of sp³-hybridized carbons (Fsp3) is 0.529. The Morgan fingerprint density at radius 1 is 1.32 bits per heavy atom. The van der Waals surface area contributed by atoms with Crippen molar-refractivity contribution in [1.29, 1.82) is 0 Å². The first-order chi connectivity index (χ1) is 10.6. The summed E-state index contributed by atoms with van der Waals surface area (Å²) in [4.78, 5) is 21.1. The van der Waals surface area contributed by atoms with Gasteiger partial charge in [-0.25, -0.2) is 4.98 Å². The molecule has 2 aliphatic heterocycles. The van der Waals surface area contributed by atoms with Crippen LogP contribution in [-0.4, -0.2) is 52.4 Å². The van der Waals surface area contributed by atoms with Gasteiger partial charge in [0.2, 0.25) is 0 Å². The zero-order valence-electron chi connectivity index (χ0n) is 12.8. The third-order valence-corrected chi connectivity index (χ3v) is 5.22. The van der Waals surface area contributed by atoms with Gasteiger partial charge < -0.3 is 4.90 Å². The highest BCUT2D eigenvalue weighted by molar-refractivity contribution is 6.29. The molecule has 0 aliphatic carbocycles. The molecule has 4 nitrogen and oxygen atoms in total. The molecule has 118 valence electrons. The lowest BCUT2D eigenvalue weighted by molar-refractivity contribution is 0.0447. The summed E-state index contributed by atoms with van der Waals surface area (Å²) in [5, 5.41) is 0.368. The normalized spacial score (nSPS) is 21.2. The average Bonchev–Trinajstić information content (AvgIpc) is 2.90. The first-order valence-corrected chi connectivity index (χ1v) is 8.30. The van der Waals surface area contributed by atoms with Gasteiger partial charge in [-0.1, -0.05) is 23.7 Å². The molecule has 1 spiro atoms. The van der Waals surface area contributed by atoms with Crippen LogP contribution in [0.1, 0.15) is 36.2 Å². The predicted molar refractivity (Wildman–Crippen MR) is 88.1 cm³/mol. The Morgan fingerprint density at radius 3 is 2.77 bits per heavy atom. The van der Waals surface area contributed by atoms with Crippen LogP contribution in [-0.2, 0) is 0 Å². The molecule has 0 aromatic carbocycles. The summed E-state index contributed by atoms with van der Waals surface area (Å²) in [5.74, 6) is -0.00869. The van der Waals surface area contributed by atoms with Crippen molar-refractivity contribution in [1.82, 2.24) is 14.8 Å². The van der Waals surface area contributed by atoms with Crippen LogP contribution in [0, 0.1) is 0 Å². The van der Waals surface area contributed by atoms with Crippen LogP contribution >= 0.6 is 11.6 Å². The third-order valence-electron chi connectivity index (χ3n) is 5.01. The van der Waals surface area contributed by atoms with Gasteiger partial charge >= 0.3 is 0 Å². The van der Waals surface area contributed by atoms with E-state index in [9.17, 15) is 4.79 Å². The Balaban J connectivity index is 1.66. The molecule has 0 N–H and O–H groups in total. The highest BCUT2D eigenvalue weighted by Gasteiger charge is 2.43. The van der Waals surface area contributed by atoms with Gasteiger partial charge in [-0.05, 0) is 44.4 Å². The second-order valence-electron chi connectivity index (χ2n) is 6.20. The van der Waals surface area contributed by atoms with Gasteiger partial charge in [-0.15, -0.1) is 6.58 Å². The minimum atomic E-state index is -0.00869. The SMILES string of the molecule is C=CCN1CCCC12CCN(C(=O)c1cccc(Cl)n1)CC2. The summed E-state index contributed by atoms with van der Waals surface area (Å²) >= 11 is 5.88. The van der Waals surface area contributed by atoms with Gasteiger partial charge in [0, 0.05) is 25.2 Å². The van der Waals surface area contributed by atoms with E-state index in [1.165, 1.54) is 12.8 Å². The van der Waals surface area contributed by atoms with Crippen molar-refractivity contribution in [2.75, 3.05) is 26.2 Å². The van der Waals surface area contributed by atoms with Gasteiger partial charge in [-0.2, -0.15) is 0 Å². The molecule has 5 heteroatoms. The van der Waals surface area contributed by atoms with E-state index < -0.39 is 0 Å². The van der Waals surface area contributed by atoms with Crippen LogP contribution in [0.25, 0.3) is 0 Å². The van der Waals surface area contributed by atoms with Crippen LogP contribution in [0.2, 0.25) is 5.15 Å². The van der Waals surface area contributed by atoms with E-state index in [1.807, 2.05) is 11.0 Å². The van der Waals surface area contributed by atoms with E-state index in [1.54, 1.807) is 18.2 Å². The maximum absolute atomic E-state index is 12.5. The second kappa shape index (κ2) is 6.39. The highest BCUT2D eigenvalue weighted by atomic mass is 35.5. The molecular weight excluding hydrogens is 298 g/mol. The summed E-state index contributed by atoms with van der Waals surface area (Å²) < 4.78 is 0. The van der Waals surface area contributed by atoms with Gasteiger partial charge in [0.25, 0.3) is 5.91 Å². The monoisotopic (exact) mass is 319 g/mol. The molecule has 0 atom stereocenters. The van der Waals surface area contributed by atoms with E-state index in [0.29, 0.717) is 10.8 Å². The summed E-state index contributed by atoms with van der Waals surface area (Å²) in [7, 11) is 0. The molecule has 0 bridgehead atoms. The molecule has 0 radical (unpaired) electrons. The van der Waals surface area contributed by atoms with Gasteiger partial charge in [0.05, 0.1) is 0 Å². The molecule has 2 saturated heterocycles. The number of piperidine rings is 1. The summed E-state index contributed by atoms with van der Waals surface area (Å²) in [6.07, 6.45) is 6.54. The number of aromatic nitrogens is 1. The van der Waals surface area contributed by atoms with Gasteiger partial charge in [-0.3, -0.25) is 9.69 Å². The van der Waals surface area contributed by atoms with Crippen molar-refractivity contribution in [2.24, 2.45) is 0 Å². The molecule has 1 amide bonds. The van der Waals surface area contributed by atoms with E-state index in [-0.39, 0.29) is 11.4 Å². The minimum Gasteiger partial charge on any atom is -0.337 e. The average molecular weight is 320 g/mol. The second-order valence-corrected chi connectivity index (χ2v) is 6.59. The fourth-order valence-electron chi connectivity index (χ4n) is 3.82. The molecule has 3 heterocycles. The largest absolute Gasteiger partial charge is 0.337 e. The summed E-state index contributed by atoms with van der Waals surface area (Å²) in [6.45, 7) is 7.55. The first-order valence-electron chi connectivity index (χ1n) is 7.92. The van der Waals surface area contributed by atoms with Crippen LogP contribution in [0.5, 0.6) is 0 Å². The number of likely N-dealkylation sites (tertiary alicyclic amines) is 2. The summed E-state index contributed by atoms with van der Waals surface area (Å²) in [5.41, 5.74) is 0.713. The zero-order chi connectivity index (χ0) is 15.6. The summed E-state index contributed by atoms with van der Waals surface area (Å²) in [6, 6.07) is 5.20. The maximum atomic E-state index is 12.5. The Kier molecular flexibility index (Phi) is 4.50. The van der Waals surface area contributed by atoms with E-state index in [2.05, 4.69) is 16.5 Å². The molecule has 1 aromatic heterocycles. The molecule has 0 saturated carbocycles. The molecule has 0 unspecified atom stereocenters. The number of hydrogen-bond acceptors (Lipinski definition) is 3. The van der Waals surface area contributed by atoms with Gasteiger partial charge in [0.1, 0.15) is 10.8 Å². The molecule has 2 aliphatic rings. The van der Waals surface area contributed by atoms with Crippen molar-refractivity contribution >= 4 is 17.5 Å². The number of pyridine rings is 1. The third kappa shape index (κ3) is 2.90. The number of rotatable bonds is 3. The number of nitrogens with zero attached hydrogens (tertiary/aromatic N) is 3. The lowest BCUT2D eigenvalue weighted by Gasteiger charge is -2.44. The molecular formula is C17H22ClN3O. The number of hydrogen-bond donors (Lipinski definition) is 0. The Bertz CT molecular complexity index is 567. The Labute approximate surface area is 136 Å². The van der Waals surface area contributed by atoms with Crippen molar-refractivity contribution in [2.45, 2.75) is 31.2 Å². The highest BCUT2D eigenvalue weighted by Crippen LogP contribution is 2.38. The predicted octanol–water partition coefficient (Wildman–Crippen LogP) is 2.99. The first kappa shape index (κ1) is 15.5. The van der Waals surface area contributed by atoms with E-state index in [4.69, 9.17) is 11.6 Å². The van der Waals surface area contributed by atoms with Crippen LogP contribution < -0.4 is 0 Å². The quantitative estimate of drug-likeness (QED) is 0.635. The minimum absolute atomic E-state index is 0.00869. The lowest BCUT2D eigenvalue weighted by Crippen LogP contribution is -2.53. The van der Waals surface area contributed by atoms with Crippen LogP contribution in [0.3, 0.4) is 0 Å².